The average Bonchev–Trinajstić information content (AvgIpc) is 2.52. The lowest BCUT2D eigenvalue weighted by Gasteiger charge is -2.11. The highest BCUT2D eigenvalue weighted by atomic mass is 16.5. The smallest absolute Gasteiger partial charge is 0.258 e. The molecule has 0 saturated heterocycles. The zero-order valence-electron chi connectivity index (χ0n) is 12.1. The number of aryl methyl sites for hydroxylation is 1. The van der Waals surface area contributed by atoms with E-state index in [2.05, 4.69) is 10.3 Å². The van der Waals surface area contributed by atoms with E-state index >= 15 is 0 Å². The van der Waals surface area contributed by atoms with E-state index in [0.717, 1.165) is 11.1 Å². The van der Waals surface area contributed by atoms with Gasteiger partial charge in [-0.2, -0.15) is 0 Å². The molecule has 1 aromatic heterocycles. The van der Waals surface area contributed by atoms with Crippen LogP contribution in [0.4, 0.5) is 0 Å². The molecule has 0 bridgehead atoms. The van der Waals surface area contributed by atoms with Gasteiger partial charge in [-0.05, 0) is 42.3 Å². The number of hydrogen-bond acceptors (Lipinski definition) is 4. The SMILES string of the molecule is COc1cc(C)ccc1OCC(=O)NCc1ccncc1. The van der Waals surface area contributed by atoms with Crippen LogP contribution in [0, 0.1) is 6.92 Å². The number of pyridine rings is 1. The summed E-state index contributed by atoms with van der Waals surface area (Å²) in [7, 11) is 1.57. The standard InChI is InChI=1S/C16H18N2O3/c1-12-3-4-14(15(9-12)20-2)21-11-16(19)18-10-13-5-7-17-8-6-13/h3-9H,10-11H2,1-2H3,(H,18,19). The third-order valence-corrected chi connectivity index (χ3v) is 2.92. The Balaban J connectivity index is 1.84. The van der Waals surface area contributed by atoms with Crippen molar-refractivity contribution < 1.29 is 14.3 Å². The molecule has 1 N–H and O–H groups in total. The molecule has 0 saturated carbocycles. The highest BCUT2D eigenvalue weighted by Crippen LogP contribution is 2.27. The van der Waals surface area contributed by atoms with Crippen LogP contribution in [-0.2, 0) is 11.3 Å². The van der Waals surface area contributed by atoms with Crippen molar-refractivity contribution in [3.05, 3.63) is 53.9 Å². The molecule has 2 rings (SSSR count). The fourth-order valence-corrected chi connectivity index (χ4v) is 1.79. The summed E-state index contributed by atoms with van der Waals surface area (Å²) >= 11 is 0. The van der Waals surface area contributed by atoms with Crippen molar-refractivity contribution in [1.82, 2.24) is 10.3 Å². The first-order valence-corrected chi connectivity index (χ1v) is 6.62. The van der Waals surface area contributed by atoms with Gasteiger partial charge in [0.1, 0.15) is 0 Å². The number of amides is 1. The summed E-state index contributed by atoms with van der Waals surface area (Å²) in [6, 6.07) is 9.27. The molecule has 1 amide bonds. The monoisotopic (exact) mass is 286 g/mol. The van der Waals surface area contributed by atoms with Crippen molar-refractivity contribution in [2.75, 3.05) is 13.7 Å². The molecule has 0 fully saturated rings. The zero-order valence-corrected chi connectivity index (χ0v) is 12.1. The number of rotatable bonds is 6. The van der Waals surface area contributed by atoms with Crippen LogP contribution < -0.4 is 14.8 Å². The lowest BCUT2D eigenvalue weighted by atomic mass is 10.2. The lowest BCUT2D eigenvalue weighted by Crippen LogP contribution is -2.28. The van der Waals surface area contributed by atoms with E-state index in [4.69, 9.17) is 9.47 Å². The second-order valence-corrected chi connectivity index (χ2v) is 4.58. The van der Waals surface area contributed by atoms with E-state index in [9.17, 15) is 4.79 Å². The van der Waals surface area contributed by atoms with Crippen LogP contribution in [0.25, 0.3) is 0 Å². The van der Waals surface area contributed by atoms with Crippen molar-refractivity contribution in [1.29, 1.82) is 0 Å². The number of nitrogens with zero attached hydrogens (tertiary/aromatic N) is 1. The van der Waals surface area contributed by atoms with Crippen LogP contribution in [0.5, 0.6) is 11.5 Å². The number of nitrogens with one attached hydrogen (secondary N) is 1. The molecule has 2 aromatic rings. The van der Waals surface area contributed by atoms with Gasteiger partial charge in [0.2, 0.25) is 0 Å². The average molecular weight is 286 g/mol. The maximum absolute atomic E-state index is 11.8. The highest BCUT2D eigenvalue weighted by molar-refractivity contribution is 5.77. The summed E-state index contributed by atoms with van der Waals surface area (Å²) in [5.41, 5.74) is 2.06. The summed E-state index contributed by atoms with van der Waals surface area (Å²) < 4.78 is 10.7. The minimum Gasteiger partial charge on any atom is -0.493 e. The summed E-state index contributed by atoms with van der Waals surface area (Å²) in [5, 5.41) is 2.79. The van der Waals surface area contributed by atoms with Gasteiger partial charge < -0.3 is 14.8 Å². The molecule has 0 aliphatic heterocycles. The molecule has 0 radical (unpaired) electrons. The Bertz CT molecular complexity index is 600. The summed E-state index contributed by atoms with van der Waals surface area (Å²) in [4.78, 5) is 15.7. The van der Waals surface area contributed by atoms with Gasteiger partial charge >= 0.3 is 0 Å². The first-order chi connectivity index (χ1) is 10.2. The Morgan fingerprint density at radius 1 is 1.19 bits per heavy atom. The third kappa shape index (κ3) is 4.49. The van der Waals surface area contributed by atoms with Gasteiger partial charge in [0.25, 0.3) is 5.91 Å². The molecule has 0 atom stereocenters. The Kier molecular flexibility index (Phi) is 5.15. The number of aromatic nitrogens is 1. The van der Waals surface area contributed by atoms with Crippen LogP contribution in [0.2, 0.25) is 0 Å². The van der Waals surface area contributed by atoms with E-state index in [-0.39, 0.29) is 12.5 Å². The molecule has 0 aliphatic carbocycles. The summed E-state index contributed by atoms with van der Waals surface area (Å²) in [6.45, 7) is 2.37. The Morgan fingerprint density at radius 2 is 1.95 bits per heavy atom. The molecule has 5 nitrogen and oxygen atoms in total. The molecular weight excluding hydrogens is 268 g/mol. The fourth-order valence-electron chi connectivity index (χ4n) is 1.79. The minimum absolute atomic E-state index is 0.0511. The Hall–Kier alpha value is -2.56. The summed E-state index contributed by atoms with van der Waals surface area (Å²) in [6.07, 6.45) is 3.38. The van der Waals surface area contributed by atoms with E-state index < -0.39 is 0 Å². The van der Waals surface area contributed by atoms with Gasteiger partial charge in [-0.15, -0.1) is 0 Å². The second-order valence-electron chi connectivity index (χ2n) is 4.58. The van der Waals surface area contributed by atoms with Crippen LogP contribution in [0.15, 0.2) is 42.7 Å². The molecule has 21 heavy (non-hydrogen) atoms. The zero-order chi connectivity index (χ0) is 15.1. The predicted molar refractivity (Wildman–Crippen MR) is 79.3 cm³/mol. The maximum Gasteiger partial charge on any atom is 0.258 e. The molecule has 110 valence electrons. The van der Waals surface area contributed by atoms with Crippen LogP contribution >= 0.6 is 0 Å². The second kappa shape index (κ2) is 7.28. The Morgan fingerprint density at radius 3 is 2.67 bits per heavy atom. The number of methoxy groups -OCH3 is 1. The topological polar surface area (TPSA) is 60.5 Å². The normalized spacial score (nSPS) is 10.0. The highest BCUT2D eigenvalue weighted by Gasteiger charge is 2.07. The number of benzene rings is 1. The molecule has 0 unspecified atom stereocenters. The number of carbonyl (C=O) groups excluding carboxylic acids is 1. The quantitative estimate of drug-likeness (QED) is 0.883. The van der Waals surface area contributed by atoms with E-state index in [1.54, 1.807) is 25.6 Å². The van der Waals surface area contributed by atoms with Crippen LogP contribution in [0.3, 0.4) is 0 Å². The summed E-state index contributed by atoms with van der Waals surface area (Å²) in [5.74, 6) is 0.994. The fraction of sp³-hybridized carbons (Fsp3) is 0.250. The van der Waals surface area contributed by atoms with Crippen molar-refractivity contribution in [3.63, 3.8) is 0 Å². The lowest BCUT2D eigenvalue weighted by molar-refractivity contribution is -0.123. The predicted octanol–water partition coefficient (Wildman–Crippen LogP) is 2.09. The molecule has 5 heteroatoms. The van der Waals surface area contributed by atoms with Crippen molar-refractivity contribution >= 4 is 5.91 Å². The van der Waals surface area contributed by atoms with Crippen LogP contribution in [0.1, 0.15) is 11.1 Å². The number of hydrogen-bond donors (Lipinski definition) is 1. The molecule has 0 aliphatic rings. The van der Waals surface area contributed by atoms with Gasteiger partial charge in [0.15, 0.2) is 18.1 Å². The maximum atomic E-state index is 11.8. The van der Waals surface area contributed by atoms with Crippen molar-refractivity contribution in [3.8, 4) is 11.5 Å². The van der Waals surface area contributed by atoms with Gasteiger partial charge in [0.05, 0.1) is 7.11 Å². The van der Waals surface area contributed by atoms with Crippen molar-refractivity contribution in [2.45, 2.75) is 13.5 Å². The first kappa shape index (κ1) is 14.8. The molecule has 1 heterocycles. The largest absolute Gasteiger partial charge is 0.493 e. The van der Waals surface area contributed by atoms with E-state index in [0.29, 0.717) is 18.0 Å². The van der Waals surface area contributed by atoms with E-state index in [1.165, 1.54) is 0 Å². The number of ether oxygens (including phenoxy) is 2. The van der Waals surface area contributed by atoms with Gasteiger partial charge in [-0.25, -0.2) is 0 Å². The first-order valence-electron chi connectivity index (χ1n) is 6.62. The Labute approximate surface area is 123 Å². The van der Waals surface area contributed by atoms with Gasteiger partial charge in [-0.3, -0.25) is 9.78 Å². The molecular formula is C16H18N2O3. The van der Waals surface area contributed by atoms with Gasteiger partial charge in [-0.1, -0.05) is 6.07 Å². The van der Waals surface area contributed by atoms with Crippen LogP contribution in [-0.4, -0.2) is 24.6 Å². The molecule has 1 aromatic carbocycles. The third-order valence-electron chi connectivity index (χ3n) is 2.92. The van der Waals surface area contributed by atoms with Gasteiger partial charge in [0, 0.05) is 18.9 Å². The van der Waals surface area contributed by atoms with Crippen molar-refractivity contribution in [2.24, 2.45) is 0 Å². The molecule has 0 spiro atoms. The number of carbonyl (C=O) groups is 1. The van der Waals surface area contributed by atoms with E-state index in [1.807, 2.05) is 31.2 Å². The minimum atomic E-state index is -0.186.